The number of benzene rings is 1. The maximum absolute atomic E-state index is 11.7. The van der Waals surface area contributed by atoms with Crippen LogP contribution in [0.3, 0.4) is 0 Å². The quantitative estimate of drug-likeness (QED) is 0.495. The number of hydrogen-bond donors (Lipinski definition) is 3. The minimum Gasteiger partial charge on any atom is -0.480 e. The number of primary amides is 1. The van der Waals surface area contributed by atoms with E-state index in [1.54, 1.807) is 13.4 Å². The molecule has 0 aliphatic rings. The standard InChI is InChI=1S/C17H20N4O.C3H7NO2.FH/c1-2-3-4-7-10-21-11-19-14-15(17(18)22)20-13-9-6-5-8-12(13)16(14)21;1-4-2-3(5)6;/h5-6,8-9,11H,2-4,7,10H2,1H3,(H2,18,22);4H,2H2,1H3,(H,5,6);1H. The molecule has 29 heavy (non-hydrogen) atoms. The topological polar surface area (TPSA) is 123 Å². The molecule has 2 aromatic heterocycles. The van der Waals surface area contributed by atoms with Gasteiger partial charge < -0.3 is 20.7 Å². The van der Waals surface area contributed by atoms with Gasteiger partial charge in [-0.05, 0) is 19.5 Å². The predicted molar refractivity (Wildman–Crippen MR) is 112 cm³/mol. The third-order valence-corrected chi connectivity index (χ3v) is 4.27. The molecule has 0 radical (unpaired) electrons. The number of unbranched alkanes of at least 4 members (excludes halogenated alkanes) is 3. The van der Waals surface area contributed by atoms with Gasteiger partial charge in [0.15, 0.2) is 5.69 Å². The van der Waals surface area contributed by atoms with Gasteiger partial charge in [0.1, 0.15) is 5.52 Å². The van der Waals surface area contributed by atoms with Gasteiger partial charge in [-0.3, -0.25) is 14.3 Å². The molecule has 4 N–H and O–H groups in total. The molecule has 3 rings (SSSR count). The summed E-state index contributed by atoms with van der Waals surface area (Å²) in [5, 5.41) is 11.3. The Hall–Kier alpha value is -3.07. The molecule has 0 bridgehead atoms. The third kappa shape index (κ3) is 6.21. The van der Waals surface area contributed by atoms with Crippen LogP contribution in [-0.4, -0.2) is 45.1 Å². The Kier molecular flexibility index (Phi) is 9.67. The fourth-order valence-electron chi connectivity index (χ4n) is 2.98. The minimum absolute atomic E-state index is 0. The van der Waals surface area contributed by atoms with E-state index < -0.39 is 11.9 Å². The summed E-state index contributed by atoms with van der Waals surface area (Å²) in [5.41, 5.74) is 8.05. The molecule has 2 heterocycles. The van der Waals surface area contributed by atoms with Crippen molar-refractivity contribution in [3.8, 4) is 0 Å². The second-order valence-electron chi connectivity index (χ2n) is 6.46. The van der Waals surface area contributed by atoms with E-state index in [4.69, 9.17) is 10.8 Å². The lowest BCUT2D eigenvalue weighted by Crippen LogP contribution is -2.16. The normalized spacial score (nSPS) is 10.3. The van der Waals surface area contributed by atoms with E-state index in [-0.39, 0.29) is 16.9 Å². The maximum atomic E-state index is 11.7. The summed E-state index contributed by atoms with van der Waals surface area (Å²) >= 11 is 0. The van der Waals surface area contributed by atoms with E-state index in [9.17, 15) is 9.59 Å². The van der Waals surface area contributed by atoms with Crippen LogP contribution in [0.4, 0.5) is 4.70 Å². The van der Waals surface area contributed by atoms with Gasteiger partial charge in [0.05, 0.1) is 23.9 Å². The summed E-state index contributed by atoms with van der Waals surface area (Å²) in [6, 6.07) is 7.80. The molecule has 1 amide bonds. The molecular weight excluding hydrogens is 377 g/mol. The van der Waals surface area contributed by atoms with Crippen molar-refractivity contribution in [3.05, 3.63) is 36.3 Å². The molecule has 0 atom stereocenters. The zero-order valence-corrected chi connectivity index (χ0v) is 16.7. The summed E-state index contributed by atoms with van der Waals surface area (Å²) in [4.78, 5) is 30.0. The highest BCUT2D eigenvalue weighted by atomic mass is 19.0. The van der Waals surface area contributed by atoms with Crippen molar-refractivity contribution < 1.29 is 19.4 Å². The Bertz CT molecular complexity index is 958. The number of carboxylic acids is 1. The van der Waals surface area contributed by atoms with E-state index in [1.807, 2.05) is 24.3 Å². The average molecular weight is 405 g/mol. The fraction of sp³-hybridized carbons (Fsp3) is 0.400. The van der Waals surface area contributed by atoms with E-state index in [0.717, 1.165) is 29.4 Å². The van der Waals surface area contributed by atoms with Crippen molar-refractivity contribution in [2.24, 2.45) is 5.73 Å². The second kappa shape index (κ2) is 11.7. The van der Waals surface area contributed by atoms with Crippen LogP contribution in [-0.2, 0) is 11.3 Å². The van der Waals surface area contributed by atoms with E-state index >= 15 is 0 Å². The molecule has 158 valence electrons. The fourth-order valence-corrected chi connectivity index (χ4v) is 2.98. The number of likely N-dealkylation sites (N-methyl/N-ethyl adjacent to an activating group) is 1. The molecule has 1 aromatic carbocycles. The van der Waals surface area contributed by atoms with E-state index in [2.05, 4.69) is 26.8 Å². The van der Waals surface area contributed by atoms with Crippen molar-refractivity contribution >= 4 is 33.8 Å². The average Bonchev–Trinajstić information content (AvgIpc) is 3.09. The van der Waals surface area contributed by atoms with Crippen molar-refractivity contribution in [2.45, 2.75) is 39.2 Å². The number of carboxylic acid groups (broad SMARTS) is 1. The number of aliphatic carboxylic acids is 1. The van der Waals surface area contributed by atoms with Crippen LogP contribution in [0, 0.1) is 0 Å². The number of aryl methyl sites for hydroxylation is 1. The zero-order chi connectivity index (χ0) is 20.5. The highest BCUT2D eigenvalue weighted by Crippen LogP contribution is 2.26. The third-order valence-electron chi connectivity index (χ3n) is 4.27. The SMILES string of the molecule is CCCCCCn1cnc2c(C(N)=O)nc3ccccc3c21.CNCC(=O)O.F. The number of imidazole rings is 1. The number of rotatable bonds is 8. The van der Waals surface area contributed by atoms with Gasteiger partial charge in [0.2, 0.25) is 0 Å². The van der Waals surface area contributed by atoms with Gasteiger partial charge in [0.25, 0.3) is 5.91 Å². The predicted octanol–water partition coefficient (Wildman–Crippen LogP) is 2.71. The lowest BCUT2D eigenvalue weighted by Gasteiger charge is -2.08. The van der Waals surface area contributed by atoms with Crippen LogP contribution < -0.4 is 11.1 Å². The van der Waals surface area contributed by atoms with E-state index in [1.165, 1.54) is 19.3 Å². The molecule has 0 aliphatic heterocycles. The lowest BCUT2D eigenvalue weighted by molar-refractivity contribution is -0.135. The van der Waals surface area contributed by atoms with Crippen LogP contribution in [0.2, 0.25) is 0 Å². The lowest BCUT2D eigenvalue weighted by atomic mass is 10.1. The van der Waals surface area contributed by atoms with Crippen LogP contribution >= 0.6 is 0 Å². The molecule has 0 unspecified atom stereocenters. The van der Waals surface area contributed by atoms with Crippen LogP contribution in [0.25, 0.3) is 21.9 Å². The molecule has 3 aromatic rings. The van der Waals surface area contributed by atoms with Crippen molar-refractivity contribution in [2.75, 3.05) is 13.6 Å². The van der Waals surface area contributed by atoms with Crippen LogP contribution in [0.5, 0.6) is 0 Å². The largest absolute Gasteiger partial charge is 0.480 e. The number of carbonyl (C=O) groups excluding carboxylic acids is 1. The van der Waals surface area contributed by atoms with Crippen molar-refractivity contribution in [1.29, 1.82) is 0 Å². The molecule has 8 nitrogen and oxygen atoms in total. The summed E-state index contributed by atoms with van der Waals surface area (Å²) in [7, 11) is 1.59. The van der Waals surface area contributed by atoms with Crippen molar-refractivity contribution in [1.82, 2.24) is 19.9 Å². The number of carbonyl (C=O) groups is 2. The number of nitrogens with one attached hydrogen (secondary N) is 1. The van der Waals surface area contributed by atoms with E-state index in [0.29, 0.717) is 5.52 Å². The van der Waals surface area contributed by atoms with Gasteiger partial charge >= 0.3 is 5.97 Å². The summed E-state index contributed by atoms with van der Waals surface area (Å²) < 4.78 is 2.11. The number of nitrogens with two attached hydrogens (primary N) is 1. The molecule has 0 fully saturated rings. The molecular formula is C20H28FN5O3. The van der Waals surface area contributed by atoms with Gasteiger partial charge in [-0.2, -0.15) is 0 Å². The summed E-state index contributed by atoms with van der Waals surface area (Å²) in [6.45, 7) is 3.13. The van der Waals surface area contributed by atoms with Crippen molar-refractivity contribution in [3.63, 3.8) is 0 Å². The Morgan fingerprint density at radius 2 is 1.93 bits per heavy atom. The smallest absolute Gasteiger partial charge is 0.317 e. The Labute approximate surface area is 168 Å². The van der Waals surface area contributed by atoms with Gasteiger partial charge in [-0.15, -0.1) is 0 Å². The number of hydrogen-bond acceptors (Lipinski definition) is 5. The summed E-state index contributed by atoms with van der Waals surface area (Å²) in [6.07, 6.45) is 6.53. The number of nitrogens with zero attached hydrogens (tertiary/aromatic N) is 3. The highest BCUT2D eigenvalue weighted by Gasteiger charge is 2.16. The van der Waals surface area contributed by atoms with Crippen LogP contribution in [0.15, 0.2) is 30.6 Å². The van der Waals surface area contributed by atoms with Gasteiger partial charge in [-0.1, -0.05) is 44.4 Å². The molecule has 0 saturated carbocycles. The molecule has 9 heteroatoms. The summed E-state index contributed by atoms with van der Waals surface area (Å²) in [5.74, 6) is -1.36. The number of pyridine rings is 1. The van der Waals surface area contributed by atoms with Gasteiger partial charge in [0, 0.05) is 11.9 Å². The molecule has 0 spiro atoms. The molecule has 0 aliphatic carbocycles. The molecule has 0 saturated heterocycles. The first kappa shape index (κ1) is 24.0. The number of fused-ring (bicyclic) bond motifs is 3. The zero-order valence-electron chi connectivity index (χ0n) is 16.7. The first-order valence-electron chi connectivity index (χ1n) is 9.39. The highest BCUT2D eigenvalue weighted by molar-refractivity contribution is 6.11. The minimum atomic E-state index is -0.822. The first-order chi connectivity index (χ1) is 13.5. The van der Waals surface area contributed by atoms with Crippen LogP contribution in [0.1, 0.15) is 43.1 Å². The Morgan fingerprint density at radius 1 is 1.21 bits per heavy atom. The second-order valence-corrected chi connectivity index (χ2v) is 6.46. The Balaban J connectivity index is 0.000000529. The van der Waals surface area contributed by atoms with Gasteiger partial charge in [-0.25, -0.2) is 9.97 Å². The maximum Gasteiger partial charge on any atom is 0.317 e. The Morgan fingerprint density at radius 3 is 2.52 bits per heavy atom. The first-order valence-corrected chi connectivity index (χ1v) is 9.39. The number of para-hydroxylation sites is 1. The number of halogens is 1. The number of amides is 1. The number of aromatic nitrogens is 3. The monoisotopic (exact) mass is 405 g/mol.